The van der Waals surface area contributed by atoms with Crippen LogP contribution in [0.15, 0.2) is 0 Å². The van der Waals surface area contributed by atoms with Crippen molar-refractivity contribution >= 4 is 23.4 Å². The van der Waals surface area contributed by atoms with Crippen molar-refractivity contribution in [1.82, 2.24) is 16.0 Å². The van der Waals surface area contributed by atoms with Gasteiger partial charge in [-0.25, -0.2) is 0 Å². The van der Waals surface area contributed by atoms with E-state index in [1.54, 1.807) is 41.5 Å². The van der Waals surface area contributed by atoms with Crippen LogP contribution in [0, 0.1) is 10.8 Å². The lowest BCUT2D eigenvalue weighted by Crippen LogP contribution is -2.53. The lowest BCUT2D eigenvalue weighted by Gasteiger charge is -2.28. The Balaban J connectivity index is -0.00000364. The Morgan fingerprint density at radius 2 is 1.10 bits per heavy atom. The number of ketones is 2. The molecule has 0 aromatic carbocycles. The van der Waals surface area contributed by atoms with E-state index in [4.69, 9.17) is 0 Å². The molecule has 0 fully saturated rings. The molecule has 0 heterocycles. The summed E-state index contributed by atoms with van der Waals surface area (Å²) in [5.41, 5.74) is -1.38. The third kappa shape index (κ3) is 14.3. The zero-order valence-electron chi connectivity index (χ0n) is 19.0. The summed E-state index contributed by atoms with van der Waals surface area (Å²) in [4.78, 5) is 48.6. The number of carbonyl (C=O) groups excluding carboxylic acids is 4. The fourth-order valence-corrected chi connectivity index (χ4v) is 2.16. The molecule has 2 amide bonds. The Labute approximate surface area is 184 Å². The molecule has 0 aliphatic heterocycles. The van der Waals surface area contributed by atoms with E-state index < -0.39 is 16.9 Å². The maximum Gasteiger partial charge on any atom is 0.237 e. The van der Waals surface area contributed by atoms with Gasteiger partial charge in [0.05, 0.1) is 19.1 Å². The minimum absolute atomic E-state index is 0. The number of hydrogen-bond acceptors (Lipinski definition) is 5. The van der Waals surface area contributed by atoms with Crippen molar-refractivity contribution in [1.29, 1.82) is 0 Å². The van der Waals surface area contributed by atoms with E-state index in [1.807, 2.05) is 20.8 Å². The van der Waals surface area contributed by atoms with E-state index in [-0.39, 0.29) is 69.7 Å². The van der Waals surface area contributed by atoms with Crippen LogP contribution in [-0.4, -0.2) is 48.1 Å². The molecule has 3 N–H and O–H groups in total. The van der Waals surface area contributed by atoms with E-state index >= 15 is 0 Å². The smallest absolute Gasteiger partial charge is 0.237 e. The van der Waals surface area contributed by atoms with Gasteiger partial charge in [-0.1, -0.05) is 56.4 Å². The third-order valence-electron chi connectivity index (χ3n) is 4.13. The first-order chi connectivity index (χ1) is 12.4. The number of amides is 2. The molecule has 0 aliphatic rings. The van der Waals surface area contributed by atoms with Crippen molar-refractivity contribution in [2.45, 2.75) is 102 Å². The van der Waals surface area contributed by atoms with Crippen molar-refractivity contribution in [3.05, 3.63) is 0 Å². The monoisotopic (exact) mass is 429 g/mol. The summed E-state index contributed by atoms with van der Waals surface area (Å²) in [6.45, 7) is 16.5. The standard InChI is InChI=1S/C21H39N3O4.2CH4/c1-19(2,3)15(25)12-22-17(27)11-10-14(24-21(7,8)9)18(28)23-13-16(26)20(4,5)6;;/h14,24H,10-13H2,1-9H3,(H,22,27)(H,23,28);2*1H4. The Kier molecular flexibility index (Phi) is 14.1. The number of rotatable bonds is 9. The van der Waals surface area contributed by atoms with Gasteiger partial charge in [0.2, 0.25) is 11.8 Å². The molecule has 1 atom stereocenters. The van der Waals surface area contributed by atoms with Crippen LogP contribution in [-0.2, 0) is 19.2 Å². The molecule has 0 saturated carbocycles. The summed E-state index contributed by atoms with van der Waals surface area (Å²) in [6.07, 6.45) is 0.369. The largest absolute Gasteiger partial charge is 0.349 e. The van der Waals surface area contributed by atoms with Gasteiger partial charge in [0.25, 0.3) is 0 Å². The first kappa shape index (κ1) is 32.9. The van der Waals surface area contributed by atoms with Crippen LogP contribution in [0.25, 0.3) is 0 Å². The van der Waals surface area contributed by atoms with Crippen LogP contribution in [0.4, 0.5) is 0 Å². The van der Waals surface area contributed by atoms with Gasteiger partial charge >= 0.3 is 0 Å². The summed E-state index contributed by atoms with van der Waals surface area (Å²) in [7, 11) is 0. The molecule has 1 unspecified atom stereocenters. The van der Waals surface area contributed by atoms with Crippen LogP contribution in [0.3, 0.4) is 0 Å². The second-order valence-electron chi connectivity index (χ2n) is 10.3. The Bertz CT molecular complexity index is 579. The maximum atomic E-state index is 12.6. The lowest BCUT2D eigenvalue weighted by atomic mass is 9.91. The van der Waals surface area contributed by atoms with Gasteiger partial charge < -0.3 is 16.0 Å². The van der Waals surface area contributed by atoms with Crippen LogP contribution >= 0.6 is 0 Å². The molecule has 0 aromatic rings. The lowest BCUT2D eigenvalue weighted by molar-refractivity contribution is -0.130. The molecule has 0 radical (unpaired) electrons. The number of Topliss-reactive ketones (excluding diaryl/α,β-unsaturated/α-hetero) is 2. The highest BCUT2D eigenvalue weighted by Crippen LogP contribution is 2.14. The molecule has 0 bridgehead atoms. The first-order valence-corrected chi connectivity index (χ1v) is 9.82. The molecule has 0 aromatic heterocycles. The summed E-state index contributed by atoms with van der Waals surface area (Å²) in [6, 6.07) is -0.614. The van der Waals surface area contributed by atoms with Gasteiger partial charge in [0, 0.05) is 22.8 Å². The van der Waals surface area contributed by atoms with Gasteiger partial charge in [0.15, 0.2) is 11.6 Å². The average molecular weight is 430 g/mol. The van der Waals surface area contributed by atoms with E-state index in [2.05, 4.69) is 16.0 Å². The van der Waals surface area contributed by atoms with E-state index in [0.29, 0.717) is 0 Å². The minimum Gasteiger partial charge on any atom is -0.349 e. The molecular formula is C23H47N3O4. The highest BCUT2D eigenvalue weighted by atomic mass is 16.2. The fourth-order valence-electron chi connectivity index (χ4n) is 2.16. The SMILES string of the molecule is C.C.CC(C)(C)NC(CCC(=O)NCC(=O)C(C)(C)C)C(=O)NCC(=O)C(C)(C)C. The molecule has 0 aliphatic carbocycles. The summed E-state index contributed by atoms with van der Waals surface area (Å²) >= 11 is 0. The van der Waals surface area contributed by atoms with Crippen LogP contribution in [0.1, 0.15) is 90.0 Å². The summed E-state index contributed by atoms with van der Waals surface area (Å²) in [5.74, 6) is -0.708. The van der Waals surface area contributed by atoms with Crippen molar-refractivity contribution in [3.8, 4) is 0 Å². The Morgan fingerprint density at radius 3 is 1.47 bits per heavy atom. The normalized spacial score (nSPS) is 12.7. The topological polar surface area (TPSA) is 104 Å². The molecule has 30 heavy (non-hydrogen) atoms. The molecule has 0 rings (SSSR count). The van der Waals surface area contributed by atoms with Crippen molar-refractivity contribution in [2.24, 2.45) is 10.8 Å². The molecule has 0 saturated heterocycles. The predicted octanol–water partition coefficient (Wildman–Crippen LogP) is 3.26. The van der Waals surface area contributed by atoms with Gasteiger partial charge in [-0.15, -0.1) is 0 Å². The first-order valence-electron chi connectivity index (χ1n) is 9.82. The van der Waals surface area contributed by atoms with Gasteiger partial charge in [0.1, 0.15) is 0 Å². The van der Waals surface area contributed by atoms with E-state index in [1.165, 1.54) is 0 Å². The second kappa shape index (κ2) is 12.8. The van der Waals surface area contributed by atoms with E-state index in [0.717, 1.165) is 0 Å². The molecule has 7 nitrogen and oxygen atoms in total. The molecule has 0 spiro atoms. The number of nitrogens with one attached hydrogen (secondary N) is 3. The number of carbonyl (C=O) groups is 4. The van der Waals surface area contributed by atoms with Gasteiger partial charge in [-0.2, -0.15) is 0 Å². The molecular weight excluding hydrogens is 382 g/mol. The second-order valence-corrected chi connectivity index (χ2v) is 10.3. The van der Waals surface area contributed by atoms with Crippen LogP contribution < -0.4 is 16.0 Å². The van der Waals surface area contributed by atoms with Crippen molar-refractivity contribution in [3.63, 3.8) is 0 Å². The highest BCUT2D eigenvalue weighted by molar-refractivity contribution is 5.91. The predicted molar refractivity (Wildman–Crippen MR) is 124 cm³/mol. The number of hydrogen-bond donors (Lipinski definition) is 3. The zero-order chi connectivity index (χ0) is 22.3. The molecule has 178 valence electrons. The zero-order valence-corrected chi connectivity index (χ0v) is 19.0. The highest BCUT2D eigenvalue weighted by Gasteiger charge is 2.27. The van der Waals surface area contributed by atoms with Crippen molar-refractivity contribution in [2.75, 3.05) is 13.1 Å². The summed E-state index contributed by atoms with van der Waals surface area (Å²) < 4.78 is 0. The fraction of sp³-hybridized carbons (Fsp3) is 0.826. The Hall–Kier alpha value is -1.76. The maximum absolute atomic E-state index is 12.6. The quantitative estimate of drug-likeness (QED) is 0.522. The molecule has 7 heteroatoms. The van der Waals surface area contributed by atoms with E-state index in [9.17, 15) is 19.2 Å². The van der Waals surface area contributed by atoms with Crippen LogP contribution in [0.2, 0.25) is 0 Å². The van der Waals surface area contributed by atoms with Gasteiger partial charge in [-0.05, 0) is 27.2 Å². The van der Waals surface area contributed by atoms with Crippen LogP contribution in [0.5, 0.6) is 0 Å². The summed E-state index contributed by atoms with van der Waals surface area (Å²) in [5, 5.41) is 8.48. The van der Waals surface area contributed by atoms with Gasteiger partial charge in [-0.3, -0.25) is 19.2 Å². The minimum atomic E-state index is -0.614. The van der Waals surface area contributed by atoms with Crippen molar-refractivity contribution < 1.29 is 19.2 Å². The average Bonchev–Trinajstić information content (AvgIpc) is 2.50. The third-order valence-corrected chi connectivity index (χ3v) is 4.13. The Morgan fingerprint density at radius 1 is 0.700 bits per heavy atom.